The third kappa shape index (κ3) is 2.74. The van der Waals surface area contributed by atoms with Crippen molar-refractivity contribution in [2.24, 2.45) is 0 Å². The fourth-order valence-electron chi connectivity index (χ4n) is 2.45. The van der Waals surface area contributed by atoms with Crippen LogP contribution in [0, 0.1) is 0 Å². The number of piperidine rings is 1. The summed E-state index contributed by atoms with van der Waals surface area (Å²) in [6, 6.07) is 0.582. The number of hydrogen-bond acceptors (Lipinski definition) is 3. The van der Waals surface area contributed by atoms with Crippen molar-refractivity contribution in [3.05, 3.63) is 0 Å². The third-order valence-electron chi connectivity index (χ3n) is 3.73. The predicted molar refractivity (Wildman–Crippen MR) is 64.3 cm³/mol. The second kappa shape index (κ2) is 5.64. The topological polar surface area (TPSA) is 35.6 Å². The molecule has 16 heavy (non-hydrogen) atoms. The van der Waals surface area contributed by atoms with Gasteiger partial charge in [-0.05, 0) is 25.8 Å². The molecule has 1 N–H and O–H groups in total. The maximum Gasteiger partial charge on any atom is 0.236 e. The van der Waals surface area contributed by atoms with E-state index in [2.05, 4.69) is 17.1 Å². The molecule has 2 fully saturated rings. The summed E-state index contributed by atoms with van der Waals surface area (Å²) in [5, 5.41) is 3.26. The van der Waals surface area contributed by atoms with Crippen molar-refractivity contribution in [1.82, 2.24) is 15.1 Å². The maximum absolute atomic E-state index is 12.1. The molecule has 0 aromatic heterocycles. The fraction of sp³-hybridized carbons (Fsp3) is 0.917. The van der Waals surface area contributed by atoms with Crippen LogP contribution in [0.15, 0.2) is 0 Å². The molecule has 0 unspecified atom stereocenters. The zero-order chi connectivity index (χ0) is 11.4. The molecule has 0 bridgehead atoms. The average Bonchev–Trinajstić information content (AvgIpc) is 2.26. The highest BCUT2D eigenvalue weighted by Gasteiger charge is 2.26. The molecular formula is C12H23N3O. The van der Waals surface area contributed by atoms with Gasteiger partial charge in [0.2, 0.25) is 5.91 Å². The summed E-state index contributed by atoms with van der Waals surface area (Å²) in [6.45, 7) is 7.76. The summed E-state index contributed by atoms with van der Waals surface area (Å²) in [5.74, 6) is 0.327. The summed E-state index contributed by atoms with van der Waals surface area (Å²) < 4.78 is 0. The Kier molecular flexibility index (Phi) is 4.18. The van der Waals surface area contributed by atoms with E-state index in [0.29, 0.717) is 18.5 Å². The Labute approximate surface area is 98.0 Å². The van der Waals surface area contributed by atoms with Gasteiger partial charge in [0, 0.05) is 32.2 Å². The van der Waals surface area contributed by atoms with Crippen molar-refractivity contribution in [3.8, 4) is 0 Å². The van der Waals surface area contributed by atoms with Crippen LogP contribution in [0.4, 0.5) is 0 Å². The van der Waals surface area contributed by atoms with Gasteiger partial charge in [-0.1, -0.05) is 6.92 Å². The molecule has 2 rings (SSSR count). The van der Waals surface area contributed by atoms with Crippen molar-refractivity contribution in [2.45, 2.75) is 32.2 Å². The minimum atomic E-state index is 0.327. The highest BCUT2D eigenvalue weighted by Crippen LogP contribution is 2.11. The first-order chi connectivity index (χ1) is 7.81. The maximum atomic E-state index is 12.1. The Hall–Kier alpha value is -0.610. The number of carbonyl (C=O) groups excluding carboxylic acids is 1. The lowest BCUT2D eigenvalue weighted by Crippen LogP contribution is -2.59. The lowest BCUT2D eigenvalue weighted by atomic mass is 10.1. The molecule has 0 aromatic carbocycles. The molecule has 2 aliphatic heterocycles. The van der Waals surface area contributed by atoms with Crippen LogP contribution in [0.1, 0.15) is 26.2 Å². The average molecular weight is 225 g/mol. The van der Waals surface area contributed by atoms with Crippen LogP contribution in [0.2, 0.25) is 0 Å². The Morgan fingerprint density at radius 3 is 2.50 bits per heavy atom. The summed E-state index contributed by atoms with van der Waals surface area (Å²) in [4.78, 5) is 16.4. The van der Waals surface area contributed by atoms with Gasteiger partial charge in [-0.15, -0.1) is 0 Å². The molecule has 2 heterocycles. The monoisotopic (exact) mass is 225 g/mol. The van der Waals surface area contributed by atoms with Crippen LogP contribution in [0.3, 0.4) is 0 Å². The van der Waals surface area contributed by atoms with Crippen LogP contribution in [0.5, 0.6) is 0 Å². The highest BCUT2D eigenvalue weighted by molar-refractivity contribution is 5.78. The summed E-state index contributed by atoms with van der Waals surface area (Å²) >= 11 is 0. The van der Waals surface area contributed by atoms with E-state index in [1.54, 1.807) is 0 Å². The van der Waals surface area contributed by atoms with E-state index < -0.39 is 0 Å². The minimum absolute atomic E-state index is 0.327. The van der Waals surface area contributed by atoms with Crippen LogP contribution in [-0.4, -0.2) is 61.0 Å². The SMILES string of the molecule is CCN(CC(=O)N1CCCCC1)C1CNC1. The standard InChI is InChI=1S/C12H23N3O/c1-2-14(11-8-13-9-11)10-12(16)15-6-4-3-5-7-15/h11,13H,2-10H2,1H3. The van der Waals surface area contributed by atoms with Crippen LogP contribution in [0.25, 0.3) is 0 Å². The molecule has 4 nitrogen and oxygen atoms in total. The lowest BCUT2D eigenvalue weighted by molar-refractivity contribution is -0.134. The number of likely N-dealkylation sites (tertiary alicyclic amines) is 1. The molecule has 0 saturated carbocycles. The number of likely N-dealkylation sites (N-methyl/N-ethyl adjacent to an activating group) is 1. The fourth-order valence-corrected chi connectivity index (χ4v) is 2.45. The first-order valence-corrected chi connectivity index (χ1v) is 6.54. The van der Waals surface area contributed by atoms with Gasteiger partial charge in [-0.3, -0.25) is 9.69 Å². The van der Waals surface area contributed by atoms with Crippen molar-refractivity contribution >= 4 is 5.91 Å². The second-order valence-corrected chi connectivity index (χ2v) is 4.82. The van der Waals surface area contributed by atoms with Gasteiger partial charge in [0.15, 0.2) is 0 Å². The molecule has 0 radical (unpaired) electrons. The third-order valence-corrected chi connectivity index (χ3v) is 3.73. The van der Waals surface area contributed by atoms with Gasteiger partial charge in [0.05, 0.1) is 6.54 Å². The smallest absolute Gasteiger partial charge is 0.236 e. The van der Waals surface area contributed by atoms with Crippen molar-refractivity contribution in [1.29, 1.82) is 0 Å². The molecule has 0 atom stereocenters. The Morgan fingerprint density at radius 2 is 2.00 bits per heavy atom. The number of carbonyl (C=O) groups is 1. The zero-order valence-corrected chi connectivity index (χ0v) is 10.2. The van der Waals surface area contributed by atoms with E-state index >= 15 is 0 Å². The second-order valence-electron chi connectivity index (χ2n) is 4.82. The van der Waals surface area contributed by atoms with Gasteiger partial charge < -0.3 is 10.2 Å². The molecule has 1 amide bonds. The lowest BCUT2D eigenvalue weighted by Gasteiger charge is -2.38. The number of nitrogens with one attached hydrogen (secondary N) is 1. The summed E-state index contributed by atoms with van der Waals surface area (Å²) in [7, 11) is 0. The number of nitrogens with zero attached hydrogens (tertiary/aromatic N) is 2. The van der Waals surface area contributed by atoms with Crippen LogP contribution < -0.4 is 5.32 Å². The normalized spacial score (nSPS) is 22.2. The Morgan fingerprint density at radius 1 is 1.31 bits per heavy atom. The summed E-state index contributed by atoms with van der Waals surface area (Å²) in [5.41, 5.74) is 0. The van der Waals surface area contributed by atoms with Crippen molar-refractivity contribution in [2.75, 3.05) is 39.3 Å². The van der Waals surface area contributed by atoms with E-state index in [1.165, 1.54) is 19.3 Å². The zero-order valence-electron chi connectivity index (χ0n) is 10.2. The Bertz CT molecular complexity index is 234. The van der Waals surface area contributed by atoms with Gasteiger partial charge in [0.25, 0.3) is 0 Å². The quantitative estimate of drug-likeness (QED) is 0.747. The minimum Gasteiger partial charge on any atom is -0.342 e. The summed E-state index contributed by atoms with van der Waals surface area (Å²) in [6.07, 6.45) is 3.65. The molecule has 0 spiro atoms. The molecule has 2 aliphatic rings. The first kappa shape index (κ1) is 11.9. The van der Waals surface area contributed by atoms with Gasteiger partial charge >= 0.3 is 0 Å². The van der Waals surface area contributed by atoms with Crippen molar-refractivity contribution < 1.29 is 4.79 Å². The van der Waals surface area contributed by atoms with E-state index in [9.17, 15) is 4.79 Å². The number of rotatable bonds is 4. The van der Waals surface area contributed by atoms with Crippen LogP contribution >= 0.6 is 0 Å². The van der Waals surface area contributed by atoms with E-state index in [-0.39, 0.29) is 0 Å². The predicted octanol–water partition coefficient (Wildman–Crippen LogP) is 0.293. The van der Waals surface area contributed by atoms with E-state index in [4.69, 9.17) is 0 Å². The molecule has 92 valence electrons. The molecule has 2 saturated heterocycles. The molecule has 4 heteroatoms. The highest BCUT2D eigenvalue weighted by atomic mass is 16.2. The van der Waals surface area contributed by atoms with Gasteiger partial charge in [-0.2, -0.15) is 0 Å². The molecule has 0 aliphatic carbocycles. The molecular weight excluding hydrogens is 202 g/mol. The molecule has 0 aromatic rings. The Balaban J connectivity index is 1.79. The first-order valence-electron chi connectivity index (χ1n) is 6.54. The largest absolute Gasteiger partial charge is 0.342 e. The van der Waals surface area contributed by atoms with Crippen molar-refractivity contribution in [3.63, 3.8) is 0 Å². The number of amides is 1. The van der Waals surface area contributed by atoms with Crippen LogP contribution in [-0.2, 0) is 4.79 Å². The number of hydrogen-bond donors (Lipinski definition) is 1. The van der Waals surface area contributed by atoms with E-state index in [1.807, 2.05) is 4.90 Å². The van der Waals surface area contributed by atoms with Gasteiger partial charge in [0.1, 0.15) is 0 Å². The van der Waals surface area contributed by atoms with E-state index in [0.717, 1.165) is 32.7 Å². The van der Waals surface area contributed by atoms with Gasteiger partial charge in [-0.25, -0.2) is 0 Å².